The fourth-order valence-corrected chi connectivity index (χ4v) is 19.8. The first kappa shape index (κ1) is 125. The van der Waals surface area contributed by atoms with Crippen LogP contribution in [0, 0.1) is 35.5 Å². The van der Waals surface area contributed by atoms with Gasteiger partial charge in [-0.05, 0) is 182 Å². The van der Waals surface area contributed by atoms with E-state index in [9.17, 15) is 28.8 Å². The molecule has 128 heavy (non-hydrogen) atoms. The lowest BCUT2D eigenvalue weighted by atomic mass is 9.74. The molecule has 0 saturated carbocycles. The maximum atomic E-state index is 14.5. The second kappa shape index (κ2) is 94.1. The summed E-state index contributed by atoms with van der Waals surface area (Å²) in [5.41, 5.74) is 0. The van der Waals surface area contributed by atoms with Crippen molar-refractivity contribution in [1.29, 1.82) is 0 Å². The monoisotopic (exact) mass is 1810 g/mol. The topological polar surface area (TPSA) is 152 Å². The Labute approximate surface area is 796 Å². The lowest BCUT2D eigenvalue weighted by Gasteiger charge is -2.33. The number of nitrogens with zero attached hydrogens (tertiary/aromatic N) is 4. The molecule has 0 aromatic carbocycles. The molecule has 0 saturated heterocycles. The average molecular weight is 1810 g/mol. The lowest BCUT2D eigenvalue weighted by molar-refractivity contribution is -0.151. The molecule has 0 bridgehead atoms. The van der Waals surface area contributed by atoms with Crippen molar-refractivity contribution in [3.05, 3.63) is 0 Å². The van der Waals surface area contributed by atoms with Crippen LogP contribution in [0.4, 0.5) is 0 Å². The molecule has 0 radical (unpaired) electrons. The van der Waals surface area contributed by atoms with Crippen LogP contribution in [0.15, 0.2) is 0 Å². The van der Waals surface area contributed by atoms with Gasteiger partial charge in [0.2, 0.25) is 11.8 Å². The van der Waals surface area contributed by atoms with Crippen LogP contribution >= 0.6 is 0 Å². The zero-order valence-corrected chi connectivity index (χ0v) is 88.3. The van der Waals surface area contributed by atoms with Crippen molar-refractivity contribution in [1.82, 2.24) is 19.6 Å². The van der Waals surface area contributed by atoms with Gasteiger partial charge in [-0.2, -0.15) is 0 Å². The molecule has 0 heterocycles. The fraction of sp³-hybridized carbons (Fsp3) is 0.947. The van der Waals surface area contributed by atoms with Gasteiger partial charge in [0, 0.05) is 38.0 Å². The molecular formula is C114H222N4O10. The van der Waals surface area contributed by atoms with Gasteiger partial charge in [-0.1, -0.05) is 429 Å². The summed E-state index contributed by atoms with van der Waals surface area (Å²) in [6, 6.07) is 0.578. The van der Waals surface area contributed by atoms with Crippen molar-refractivity contribution < 1.29 is 47.7 Å². The summed E-state index contributed by atoms with van der Waals surface area (Å²) < 4.78 is 24.4. The van der Waals surface area contributed by atoms with E-state index in [0.29, 0.717) is 69.0 Å². The van der Waals surface area contributed by atoms with Crippen LogP contribution in [0.3, 0.4) is 0 Å². The molecule has 14 nitrogen and oxygen atoms in total. The second-order valence-corrected chi connectivity index (χ2v) is 40.9. The first-order valence-corrected chi connectivity index (χ1v) is 57.0. The van der Waals surface area contributed by atoms with Crippen LogP contribution in [0.1, 0.15) is 570 Å². The number of hydrogen-bond donors (Lipinski definition) is 0. The van der Waals surface area contributed by atoms with Gasteiger partial charge in [0.25, 0.3) is 0 Å². The van der Waals surface area contributed by atoms with Crippen molar-refractivity contribution in [3.8, 4) is 0 Å². The Bertz CT molecular complexity index is 2410. The number of rotatable bonds is 101. The van der Waals surface area contributed by atoms with Crippen molar-refractivity contribution in [2.45, 2.75) is 582 Å². The lowest BCUT2D eigenvalue weighted by Crippen LogP contribution is -2.41. The van der Waals surface area contributed by atoms with Crippen LogP contribution in [0.2, 0.25) is 0 Å². The summed E-state index contributed by atoms with van der Waals surface area (Å²) in [5, 5.41) is 0. The summed E-state index contributed by atoms with van der Waals surface area (Å²) in [7, 11) is 8.57. The first-order chi connectivity index (χ1) is 62.5. The van der Waals surface area contributed by atoms with Gasteiger partial charge in [0.15, 0.2) is 0 Å². The van der Waals surface area contributed by atoms with Gasteiger partial charge in [0.1, 0.15) is 0 Å². The highest BCUT2D eigenvalue weighted by Gasteiger charge is 2.33. The molecule has 0 N–H and O–H groups in total. The van der Waals surface area contributed by atoms with Gasteiger partial charge < -0.3 is 38.5 Å². The predicted molar refractivity (Wildman–Crippen MR) is 550 cm³/mol. The molecule has 0 aliphatic rings. The SMILES string of the molecule is CCCCCCCC(=O)N(CCCN(C)C)C(CCCCCCCCCOC(=O)C(CCCC)CCCCCC)CCCCCCCCCOC(=O)C(CCCCCC)CC(CC)C(CCCC)CC(CCCCCC)C(=O)OCCCCCCCCC(CCCCCCCCOC(=O)C(CCCCCC)CCCCCC)N(CCCN(C)C)C(=O)CCCCCCC. The van der Waals surface area contributed by atoms with Crippen molar-refractivity contribution in [3.63, 3.8) is 0 Å². The van der Waals surface area contributed by atoms with Crippen LogP contribution in [0.25, 0.3) is 0 Å². The highest BCUT2D eigenvalue weighted by Crippen LogP contribution is 2.38. The summed E-state index contributed by atoms with van der Waals surface area (Å²) in [5.74, 6) is 1.41. The molecule has 0 aromatic heterocycles. The van der Waals surface area contributed by atoms with Gasteiger partial charge in [-0.25, -0.2) is 0 Å². The predicted octanol–water partition coefficient (Wildman–Crippen LogP) is 33.0. The van der Waals surface area contributed by atoms with E-state index >= 15 is 0 Å². The number of amides is 2. The molecule has 7 unspecified atom stereocenters. The van der Waals surface area contributed by atoms with Gasteiger partial charge >= 0.3 is 23.9 Å². The Morgan fingerprint density at radius 1 is 0.203 bits per heavy atom. The normalized spacial score (nSPS) is 13.4. The Balaban J connectivity index is 5.88. The van der Waals surface area contributed by atoms with E-state index in [1.54, 1.807) is 0 Å². The molecule has 0 aliphatic carbocycles. The molecule has 0 fully saturated rings. The maximum absolute atomic E-state index is 14.5. The number of esters is 4. The zero-order valence-electron chi connectivity index (χ0n) is 88.3. The Morgan fingerprint density at radius 3 is 0.688 bits per heavy atom. The molecule has 14 heteroatoms. The van der Waals surface area contributed by atoms with Gasteiger partial charge in [-0.3, -0.25) is 28.8 Å². The van der Waals surface area contributed by atoms with E-state index in [1.807, 2.05) is 0 Å². The second-order valence-electron chi connectivity index (χ2n) is 40.9. The third-order valence-corrected chi connectivity index (χ3v) is 28.3. The Hall–Kier alpha value is -3.26. The minimum Gasteiger partial charge on any atom is -0.465 e. The average Bonchev–Trinajstić information content (AvgIpc) is 0.943. The molecular weight excluding hydrogens is 1590 g/mol. The van der Waals surface area contributed by atoms with Gasteiger partial charge in [0.05, 0.1) is 50.1 Å². The first-order valence-electron chi connectivity index (χ1n) is 57.0. The smallest absolute Gasteiger partial charge is 0.308 e. The summed E-state index contributed by atoms with van der Waals surface area (Å²) in [4.78, 5) is 92.8. The number of ether oxygens (including phenoxy) is 4. The largest absolute Gasteiger partial charge is 0.465 e. The minimum atomic E-state index is -0.120. The van der Waals surface area contributed by atoms with Gasteiger partial charge in [-0.15, -0.1) is 0 Å². The van der Waals surface area contributed by atoms with E-state index in [1.165, 1.54) is 167 Å². The van der Waals surface area contributed by atoms with Crippen molar-refractivity contribution in [2.24, 2.45) is 35.5 Å². The third-order valence-electron chi connectivity index (χ3n) is 28.3. The fourth-order valence-electron chi connectivity index (χ4n) is 19.8. The van der Waals surface area contributed by atoms with Crippen LogP contribution < -0.4 is 0 Å². The van der Waals surface area contributed by atoms with E-state index in [0.717, 1.165) is 347 Å². The molecule has 758 valence electrons. The van der Waals surface area contributed by atoms with Crippen LogP contribution in [-0.2, 0) is 47.7 Å². The van der Waals surface area contributed by atoms with Crippen LogP contribution in [-0.4, -0.2) is 148 Å². The molecule has 2 amide bonds. The van der Waals surface area contributed by atoms with Crippen molar-refractivity contribution >= 4 is 35.7 Å². The molecule has 0 rings (SSSR count). The molecule has 7 atom stereocenters. The zero-order chi connectivity index (χ0) is 94.0. The number of unbranched alkanes of at least 4 members (excludes halogenated alkanes) is 47. The van der Waals surface area contributed by atoms with E-state index in [4.69, 9.17) is 18.9 Å². The number of carbonyl (C=O) groups is 6. The maximum Gasteiger partial charge on any atom is 0.308 e. The van der Waals surface area contributed by atoms with E-state index in [-0.39, 0.29) is 53.6 Å². The highest BCUT2D eigenvalue weighted by molar-refractivity contribution is 5.77. The molecule has 0 aromatic rings. The van der Waals surface area contributed by atoms with Crippen LogP contribution in [0.5, 0.6) is 0 Å². The summed E-state index contributed by atoms with van der Waals surface area (Å²) in [6.45, 7) is 28.3. The molecule has 0 aliphatic heterocycles. The summed E-state index contributed by atoms with van der Waals surface area (Å²) >= 11 is 0. The standard InChI is InChI=1S/C114H222N4O10/c1-15-25-34-51-70-89-109(119)117(93-76-91-115(11)12)107(85-66-53-43-41-47-57-72-95-125-111(121)102(78-32-22-8)80-61-36-27-17-3)86-67-54-44-42-48-58-74-97-127-113(123)105(83-64-39-30-20-6)99-101(24-10)104(79-33-23-9)100-106(84-65-40-31-21-7)114(124)128-98-75-60-50-46-56-69-88-108(118(94-77-92-116(13)14)110(120)90-71-52-35-26-16-2)87-68-55-45-49-59-73-96-126-112(122)103(81-62-37-28-18-4)82-63-38-29-19-5/h101-108H,15-100H2,1-14H3. The third kappa shape index (κ3) is 74.0. The number of hydrogen-bond acceptors (Lipinski definition) is 12. The highest BCUT2D eigenvalue weighted by atomic mass is 16.5. The number of carbonyl (C=O) groups excluding carboxylic acids is 6. The van der Waals surface area contributed by atoms with E-state index < -0.39 is 0 Å². The summed E-state index contributed by atoms with van der Waals surface area (Å²) in [6.07, 6.45) is 85.6. The quantitative estimate of drug-likeness (QED) is 0.0324. The van der Waals surface area contributed by atoms with E-state index in [2.05, 4.69) is 117 Å². The Morgan fingerprint density at radius 2 is 0.414 bits per heavy atom. The van der Waals surface area contributed by atoms with Crippen molar-refractivity contribution in [2.75, 3.05) is 80.8 Å². The minimum absolute atomic E-state index is 0.000860. The molecule has 0 spiro atoms. The Kier molecular flexibility index (Phi) is 91.7.